The maximum Gasteiger partial charge on any atom is 0.251 e. The first kappa shape index (κ1) is 18.2. The van der Waals surface area contributed by atoms with Crippen molar-refractivity contribution < 1.29 is 17.9 Å². The van der Waals surface area contributed by atoms with Crippen molar-refractivity contribution in [2.24, 2.45) is 0 Å². The number of fused-ring (bicyclic) bond motifs is 1. The van der Waals surface area contributed by atoms with Gasteiger partial charge in [0.1, 0.15) is 11.0 Å². The van der Waals surface area contributed by atoms with Gasteiger partial charge in [-0.15, -0.1) is 0 Å². The fourth-order valence-corrected chi connectivity index (χ4v) is 4.31. The number of nitrogens with zero attached hydrogens (tertiary/aromatic N) is 3. The van der Waals surface area contributed by atoms with E-state index in [0.29, 0.717) is 43.6 Å². The number of rotatable bonds is 5. The maximum atomic E-state index is 12.4. The summed E-state index contributed by atoms with van der Waals surface area (Å²) in [5, 5.41) is 2.89. The summed E-state index contributed by atoms with van der Waals surface area (Å²) in [6.45, 7) is 1.10. The van der Waals surface area contributed by atoms with E-state index in [1.165, 1.54) is 10.6 Å². The van der Waals surface area contributed by atoms with E-state index in [4.69, 9.17) is 4.74 Å². The molecule has 1 saturated heterocycles. The van der Waals surface area contributed by atoms with E-state index >= 15 is 0 Å². The van der Waals surface area contributed by atoms with E-state index in [1.54, 1.807) is 25.3 Å². The minimum atomic E-state index is -3.20. The van der Waals surface area contributed by atoms with Gasteiger partial charge in [-0.2, -0.15) is 8.75 Å². The van der Waals surface area contributed by atoms with Crippen LogP contribution >= 0.6 is 11.7 Å². The third kappa shape index (κ3) is 3.97. The summed E-state index contributed by atoms with van der Waals surface area (Å²) in [6.07, 6.45) is 2.27. The quantitative estimate of drug-likeness (QED) is 0.820. The maximum absolute atomic E-state index is 12.4. The number of sulfonamides is 1. The lowest BCUT2D eigenvalue weighted by Crippen LogP contribution is -2.52. The predicted octanol–water partition coefficient (Wildman–Crippen LogP) is 0.862. The molecule has 1 aliphatic heterocycles. The molecule has 136 valence electrons. The molecule has 25 heavy (non-hydrogen) atoms. The number of hydrogen-bond donors (Lipinski definition) is 1. The molecule has 0 bridgehead atoms. The summed E-state index contributed by atoms with van der Waals surface area (Å²) in [4.78, 5) is 12.4. The molecule has 0 saturated carbocycles. The zero-order chi connectivity index (χ0) is 18.1. The third-order valence-corrected chi connectivity index (χ3v) is 6.48. The first-order chi connectivity index (χ1) is 11.8. The standard InChI is InChI=1S/C15H20N4O4S2/c1-23-15(5-7-19(8-6-15)25(2,21)22)10-16-14(20)11-3-4-12-13(9-11)18-24-17-12/h3-4,9H,5-8,10H2,1-2H3,(H,16,20). The van der Waals surface area contributed by atoms with Gasteiger partial charge in [0.2, 0.25) is 10.0 Å². The Morgan fingerprint density at radius 1 is 1.32 bits per heavy atom. The van der Waals surface area contributed by atoms with Crippen LogP contribution in [0.25, 0.3) is 11.0 Å². The first-order valence-corrected chi connectivity index (χ1v) is 10.4. The highest BCUT2D eigenvalue weighted by Crippen LogP contribution is 2.26. The Bertz CT molecular complexity index is 873. The average molecular weight is 384 g/mol. The molecule has 10 heteroatoms. The highest BCUT2D eigenvalue weighted by molar-refractivity contribution is 7.88. The van der Waals surface area contributed by atoms with Crippen molar-refractivity contribution in [3.63, 3.8) is 0 Å². The first-order valence-electron chi connectivity index (χ1n) is 7.84. The molecule has 1 aromatic heterocycles. The second-order valence-corrected chi connectivity index (χ2v) is 8.71. The van der Waals surface area contributed by atoms with Gasteiger partial charge in [0, 0.05) is 32.3 Å². The van der Waals surface area contributed by atoms with Gasteiger partial charge in [0.25, 0.3) is 5.91 Å². The lowest BCUT2D eigenvalue weighted by atomic mass is 9.92. The van der Waals surface area contributed by atoms with Gasteiger partial charge in [-0.3, -0.25) is 4.79 Å². The van der Waals surface area contributed by atoms with Gasteiger partial charge in [-0.25, -0.2) is 12.7 Å². The van der Waals surface area contributed by atoms with Crippen LogP contribution in [0.1, 0.15) is 23.2 Å². The van der Waals surface area contributed by atoms with Gasteiger partial charge in [0.15, 0.2) is 0 Å². The van der Waals surface area contributed by atoms with Crippen LogP contribution in [0.4, 0.5) is 0 Å². The number of methoxy groups -OCH3 is 1. The predicted molar refractivity (Wildman–Crippen MR) is 95.1 cm³/mol. The van der Waals surface area contributed by atoms with Crippen LogP contribution in [0.2, 0.25) is 0 Å². The van der Waals surface area contributed by atoms with Gasteiger partial charge in [-0.05, 0) is 31.0 Å². The minimum Gasteiger partial charge on any atom is -0.376 e. The average Bonchev–Trinajstić information content (AvgIpc) is 3.07. The van der Waals surface area contributed by atoms with Gasteiger partial charge >= 0.3 is 0 Å². The van der Waals surface area contributed by atoms with Gasteiger partial charge in [-0.1, -0.05) is 0 Å². The second kappa shape index (κ2) is 6.94. The molecule has 0 atom stereocenters. The normalized spacial score (nSPS) is 18.3. The van der Waals surface area contributed by atoms with Crippen molar-refractivity contribution in [1.29, 1.82) is 0 Å². The highest BCUT2D eigenvalue weighted by atomic mass is 32.2. The van der Waals surface area contributed by atoms with Crippen LogP contribution in [-0.2, 0) is 14.8 Å². The van der Waals surface area contributed by atoms with Gasteiger partial charge in [0.05, 0.1) is 23.6 Å². The van der Waals surface area contributed by atoms with Crippen LogP contribution in [0.5, 0.6) is 0 Å². The number of ether oxygens (including phenoxy) is 1. The van der Waals surface area contributed by atoms with Crippen molar-refractivity contribution in [3.05, 3.63) is 23.8 Å². The van der Waals surface area contributed by atoms with Gasteiger partial charge < -0.3 is 10.1 Å². The Morgan fingerprint density at radius 2 is 2.00 bits per heavy atom. The van der Waals surface area contributed by atoms with Crippen LogP contribution in [0, 0.1) is 0 Å². The highest BCUT2D eigenvalue weighted by Gasteiger charge is 2.37. The third-order valence-electron chi connectivity index (χ3n) is 4.62. The summed E-state index contributed by atoms with van der Waals surface area (Å²) in [6, 6.07) is 5.19. The molecule has 1 fully saturated rings. The molecule has 1 N–H and O–H groups in total. The molecular formula is C15H20N4O4S2. The van der Waals surface area contributed by atoms with Crippen LogP contribution in [-0.4, -0.2) is 66.0 Å². The Morgan fingerprint density at radius 3 is 2.64 bits per heavy atom. The number of carbonyl (C=O) groups is 1. The monoisotopic (exact) mass is 384 g/mol. The lowest BCUT2D eigenvalue weighted by Gasteiger charge is -2.39. The number of aromatic nitrogens is 2. The molecule has 3 rings (SSSR count). The zero-order valence-electron chi connectivity index (χ0n) is 14.1. The molecule has 0 spiro atoms. The SMILES string of the molecule is COC1(CNC(=O)c2ccc3nsnc3c2)CCN(S(C)(=O)=O)CC1. The van der Waals surface area contributed by atoms with E-state index in [1.807, 2.05) is 0 Å². The molecule has 0 unspecified atom stereocenters. The minimum absolute atomic E-state index is 0.211. The van der Waals surface area contributed by atoms with E-state index < -0.39 is 15.6 Å². The summed E-state index contributed by atoms with van der Waals surface area (Å²) in [5.41, 5.74) is 1.42. The lowest BCUT2D eigenvalue weighted by molar-refractivity contribution is -0.0424. The second-order valence-electron chi connectivity index (χ2n) is 6.20. The van der Waals surface area contributed by atoms with Crippen molar-refractivity contribution in [1.82, 2.24) is 18.4 Å². The fraction of sp³-hybridized carbons (Fsp3) is 0.533. The van der Waals surface area contributed by atoms with Crippen LogP contribution in [0.15, 0.2) is 18.2 Å². The Kier molecular flexibility index (Phi) is 5.05. The van der Waals surface area contributed by atoms with Crippen LogP contribution in [0.3, 0.4) is 0 Å². The van der Waals surface area contributed by atoms with Crippen molar-refractivity contribution in [3.8, 4) is 0 Å². The molecule has 1 amide bonds. The van der Waals surface area contributed by atoms with E-state index in [-0.39, 0.29) is 5.91 Å². The molecule has 0 radical (unpaired) electrons. The number of piperidine rings is 1. The fourth-order valence-electron chi connectivity index (χ4n) is 2.95. The van der Waals surface area contributed by atoms with Crippen molar-refractivity contribution in [2.75, 3.05) is 33.0 Å². The van der Waals surface area contributed by atoms with E-state index in [2.05, 4.69) is 14.1 Å². The van der Waals surface area contributed by atoms with Crippen LogP contribution < -0.4 is 5.32 Å². The molecule has 8 nitrogen and oxygen atoms in total. The number of amides is 1. The molecule has 2 aromatic rings. The number of carbonyl (C=O) groups excluding carboxylic acids is 1. The van der Waals surface area contributed by atoms with E-state index in [9.17, 15) is 13.2 Å². The summed E-state index contributed by atoms with van der Waals surface area (Å²) >= 11 is 1.11. The topological polar surface area (TPSA) is 101 Å². The molecule has 2 heterocycles. The Hall–Kier alpha value is -1.62. The summed E-state index contributed by atoms with van der Waals surface area (Å²) in [5.74, 6) is -0.211. The summed E-state index contributed by atoms with van der Waals surface area (Å²) in [7, 11) is -1.60. The number of nitrogens with one attached hydrogen (secondary N) is 1. The number of hydrogen-bond acceptors (Lipinski definition) is 7. The number of benzene rings is 1. The molecule has 1 aliphatic rings. The Labute approximate surface area is 150 Å². The molecular weight excluding hydrogens is 364 g/mol. The summed E-state index contributed by atoms with van der Waals surface area (Å²) < 4.78 is 38.6. The smallest absolute Gasteiger partial charge is 0.251 e. The van der Waals surface area contributed by atoms with Crippen molar-refractivity contribution >= 4 is 38.7 Å². The van der Waals surface area contributed by atoms with E-state index in [0.717, 1.165) is 17.2 Å². The molecule has 1 aromatic carbocycles. The van der Waals surface area contributed by atoms with Crippen molar-refractivity contribution in [2.45, 2.75) is 18.4 Å². The molecule has 0 aliphatic carbocycles. The zero-order valence-corrected chi connectivity index (χ0v) is 15.7. The Balaban J connectivity index is 1.63. The largest absolute Gasteiger partial charge is 0.376 e.